The molecule has 0 saturated carbocycles. The molecule has 0 aliphatic carbocycles. The summed E-state index contributed by atoms with van der Waals surface area (Å²) in [6.45, 7) is 43.6. The maximum absolute atomic E-state index is 11.1. The minimum atomic E-state index is -2.27. The Hall–Kier alpha value is -1.81. The molecule has 6 fully saturated rings. The summed E-state index contributed by atoms with van der Waals surface area (Å²) in [5, 5.41) is 40.9. The Labute approximate surface area is 495 Å². The van der Waals surface area contributed by atoms with E-state index in [1.54, 1.807) is 6.92 Å². The molecule has 6 aliphatic rings. The third-order valence-electron chi connectivity index (χ3n) is 17.6. The van der Waals surface area contributed by atoms with E-state index in [1.807, 2.05) is 109 Å². The molecule has 0 spiro atoms. The molecule has 0 radical (unpaired) electrons. The largest absolute Gasteiger partial charge is 0.390 e. The third-order valence-corrected chi connectivity index (χ3v) is 29.7. The molecule has 0 bridgehead atoms. The SMILES string of the molecule is C.CC1O[C@@H](O[Si](C(C)C)(C(C)C)C(C)C)C2OC(C)(C)O[C@H]2[C@H]1O.CC1O[C@@H](O[Si](C(C)C)(C(C)C)C(C)C)[C@H]2OC(C)(C)OC2[C@H]1O[C@@H]1OC[C@@H](C)C(O)[C@H]1OCc1ccccc1.C[C@H]1C(O)OC[C@@H](OCc2ccccc2)C1O. The van der Waals surface area contributed by atoms with Gasteiger partial charge in [-0.05, 0) is 85.9 Å². The van der Waals surface area contributed by atoms with Crippen LogP contribution in [-0.2, 0) is 74.2 Å². The van der Waals surface area contributed by atoms with Crippen LogP contribution in [0, 0.1) is 11.8 Å². The topological polar surface area (TPSA) is 201 Å². The second-order valence-corrected chi connectivity index (χ2v) is 37.2. The number of aliphatic hydroxyl groups excluding tert-OH is 4. The van der Waals surface area contributed by atoms with Crippen LogP contribution >= 0.6 is 0 Å². The fourth-order valence-electron chi connectivity index (χ4n) is 13.5. The van der Waals surface area contributed by atoms with Gasteiger partial charge in [0.1, 0.15) is 48.8 Å². The molecular formula is C63H110O17Si2. The number of fused-ring (bicyclic) bond motifs is 2. The van der Waals surface area contributed by atoms with Gasteiger partial charge >= 0.3 is 0 Å². The van der Waals surface area contributed by atoms with E-state index in [2.05, 4.69) is 83.1 Å². The lowest BCUT2D eigenvalue weighted by Crippen LogP contribution is -2.63. The lowest BCUT2D eigenvalue weighted by atomic mass is 9.96. The van der Waals surface area contributed by atoms with Crippen LogP contribution in [-0.4, -0.2) is 160 Å². The van der Waals surface area contributed by atoms with Crippen molar-refractivity contribution < 1.29 is 81.4 Å². The van der Waals surface area contributed by atoms with E-state index in [-0.39, 0.29) is 44.2 Å². The first-order valence-corrected chi connectivity index (χ1v) is 34.4. The number of ether oxygens (including phenoxy) is 11. The molecule has 0 aromatic heterocycles. The molecule has 472 valence electrons. The van der Waals surface area contributed by atoms with Gasteiger partial charge in [0.15, 0.2) is 36.7 Å². The summed E-state index contributed by atoms with van der Waals surface area (Å²) < 4.78 is 81.2. The summed E-state index contributed by atoms with van der Waals surface area (Å²) >= 11 is 0. The van der Waals surface area contributed by atoms with Crippen LogP contribution in [0.5, 0.6) is 0 Å². The second-order valence-electron chi connectivity index (χ2n) is 26.4. The molecule has 6 aliphatic heterocycles. The van der Waals surface area contributed by atoms with Crippen LogP contribution in [0.1, 0.15) is 157 Å². The number of aliphatic hydroxyl groups is 4. The highest BCUT2D eigenvalue weighted by Gasteiger charge is 2.61. The van der Waals surface area contributed by atoms with Gasteiger partial charge in [-0.1, -0.05) is 165 Å². The average molecular weight is 1200 g/mol. The number of benzene rings is 2. The minimum absolute atomic E-state index is 0. The fourth-order valence-corrected chi connectivity index (χ4v) is 24.3. The normalized spacial score (nSPS) is 35.4. The molecule has 2 aromatic carbocycles. The highest BCUT2D eigenvalue weighted by molar-refractivity contribution is 6.78. The molecule has 6 saturated heterocycles. The Kier molecular flexibility index (Phi) is 25.9. The molecule has 6 heterocycles. The molecule has 18 atom stereocenters. The van der Waals surface area contributed by atoms with Gasteiger partial charge in [-0.15, -0.1) is 0 Å². The molecule has 8 rings (SSSR count). The van der Waals surface area contributed by atoms with Crippen LogP contribution < -0.4 is 0 Å². The molecule has 19 heteroatoms. The van der Waals surface area contributed by atoms with Crippen molar-refractivity contribution >= 4 is 16.6 Å². The summed E-state index contributed by atoms with van der Waals surface area (Å²) in [6.07, 6.45) is -8.83. The smallest absolute Gasteiger partial charge is 0.203 e. The molecule has 4 N–H and O–H groups in total. The highest BCUT2D eigenvalue weighted by atomic mass is 28.4. The van der Waals surface area contributed by atoms with Crippen molar-refractivity contribution in [3.05, 3.63) is 71.8 Å². The van der Waals surface area contributed by atoms with E-state index in [9.17, 15) is 20.4 Å². The fraction of sp³-hybridized carbons (Fsp3) is 0.810. The predicted octanol–water partition coefficient (Wildman–Crippen LogP) is 11.1. The predicted molar refractivity (Wildman–Crippen MR) is 320 cm³/mol. The lowest BCUT2D eigenvalue weighted by molar-refractivity contribution is -0.326. The van der Waals surface area contributed by atoms with Crippen molar-refractivity contribution in [1.29, 1.82) is 0 Å². The minimum Gasteiger partial charge on any atom is -0.390 e. The van der Waals surface area contributed by atoms with Crippen LogP contribution in [0.25, 0.3) is 0 Å². The van der Waals surface area contributed by atoms with Crippen LogP contribution in [0.15, 0.2) is 60.7 Å². The molecule has 7 unspecified atom stereocenters. The third kappa shape index (κ3) is 16.5. The Morgan fingerprint density at radius 1 is 0.488 bits per heavy atom. The number of hydrogen-bond acceptors (Lipinski definition) is 17. The van der Waals surface area contributed by atoms with E-state index in [0.717, 1.165) is 11.1 Å². The molecule has 17 nitrogen and oxygen atoms in total. The Bertz CT molecular complexity index is 2130. The van der Waals surface area contributed by atoms with Crippen molar-refractivity contribution in [2.75, 3.05) is 13.2 Å². The Balaban J connectivity index is 0.000000248. The molecule has 2 aromatic rings. The zero-order valence-corrected chi connectivity index (χ0v) is 54.6. The van der Waals surface area contributed by atoms with Crippen molar-refractivity contribution in [1.82, 2.24) is 0 Å². The second kappa shape index (κ2) is 29.9. The van der Waals surface area contributed by atoms with Crippen molar-refractivity contribution in [3.8, 4) is 0 Å². The molecular weight excluding hydrogens is 1080 g/mol. The van der Waals surface area contributed by atoms with Crippen LogP contribution in [0.3, 0.4) is 0 Å². The van der Waals surface area contributed by atoms with Gasteiger partial charge in [0.05, 0.1) is 50.8 Å². The zero-order chi connectivity index (χ0) is 60.1. The van der Waals surface area contributed by atoms with Gasteiger partial charge in [-0.2, -0.15) is 0 Å². The van der Waals surface area contributed by atoms with Gasteiger partial charge in [0.25, 0.3) is 0 Å². The highest BCUT2D eigenvalue weighted by Crippen LogP contribution is 2.49. The first kappa shape index (κ1) is 71.0. The number of rotatable bonds is 18. The standard InChI is InChI=1S/C31H52O8Si.C18H36O5Si.C13H18O4.CH4/c1-18(2)40(19(3)4,20(5)6)39-30-28-27(37-31(9,10)38-28)25(22(8)35-30)36-29-26(24(32)21(7)16-34-29)33-17-23-14-12-11-13-15-23;1-10(2)24(11(3)4,12(5)6)23-17-16-15(14(19)13(7)20-17)21-18(8,9)22-16;1-9-12(14)11(8-17-13(9)15)16-7-10-5-3-2-4-6-10;/h11-15,18-22,24-30,32H,16-17H2,1-10H3;10-17,19H,1-9H3;2-6,9,11-15H,7-8H2,1H3;1H4/t21-,22?,24?,25+,26-,27?,28+,29+,30+;13?,14-,15-,16?,17-;9-,11-,12?,13?;/m101./s1. The Morgan fingerprint density at radius 2 is 0.902 bits per heavy atom. The Morgan fingerprint density at radius 3 is 1.37 bits per heavy atom. The summed E-state index contributed by atoms with van der Waals surface area (Å²) in [7, 11) is -4.38. The average Bonchev–Trinajstić information content (AvgIpc) is 3.89. The first-order valence-electron chi connectivity index (χ1n) is 30.2. The van der Waals surface area contributed by atoms with E-state index in [1.165, 1.54) is 0 Å². The summed E-state index contributed by atoms with van der Waals surface area (Å²) in [5.41, 5.74) is 4.63. The van der Waals surface area contributed by atoms with Crippen LogP contribution in [0.2, 0.25) is 33.2 Å². The summed E-state index contributed by atoms with van der Waals surface area (Å²) in [6, 6.07) is 19.7. The van der Waals surface area contributed by atoms with E-state index in [0.29, 0.717) is 53.1 Å². The zero-order valence-electron chi connectivity index (χ0n) is 52.6. The molecule has 82 heavy (non-hydrogen) atoms. The van der Waals surface area contributed by atoms with Gasteiger partial charge < -0.3 is 81.4 Å². The van der Waals surface area contributed by atoms with Crippen LogP contribution in [0.4, 0.5) is 0 Å². The van der Waals surface area contributed by atoms with Crippen molar-refractivity contribution in [2.24, 2.45) is 11.8 Å². The van der Waals surface area contributed by atoms with Crippen molar-refractivity contribution in [3.63, 3.8) is 0 Å². The maximum atomic E-state index is 11.1. The van der Waals surface area contributed by atoms with Gasteiger partial charge in [0.2, 0.25) is 16.6 Å². The first-order chi connectivity index (χ1) is 37.9. The van der Waals surface area contributed by atoms with E-state index < -0.39 is 108 Å². The van der Waals surface area contributed by atoms with E-state index >= 15 is 0 Å². The quantitative estimate of drug-likeness (QED) is 0.103. The van der Waals surface area contributed by atoms with Gasteiger partial charge in [-0.3, -0.25) is 0 Å². The monoisotopic (exact) mass is 1190 g/mol. The lowest BCUT2D eigenvalue weighted by Gasteiger charge is -2.49. The van der Waals surface area contributed by atoms with Crippen molar-refractivity contribution in [2.45, 2.75) is 302 Å². The van der Waals surface area contributed by atoms with Gasteiger partial charge in [-0.25, -0.2) is 0 Å². The number of hydrogen-bond donors (Lipinski definition) is 4. The molecule has 0 amide bonds. The summed E-state index contributed by atoms with van der Waals surface area (Å²) in [4.78, 5) is 0. The maximum Gasteiger partial charge on any atom is 0.203 e. The van der Waals surface area contributed by atoms with E-state index in [4.69, 9.17) is 61.0 Å². The summed E-state index contributed by atoms with van der Waals surface area (Å²) in [5.74, 6) is -1.97. The van der Waals surface area contributed by atoms with Gasteiger partial charge in [0, 0.05) is 11.8 Å².